The van der Waals surface area contributed by atoms with Crippen molar-refractivity contribution < 1.29 is 9.59 Å². The summed E-state index contributed by atoms with van der Waals surface area (Å²) < 4.78 is 0. The van der Waals surface area contributed by atoms with Crippen LogP contribution in [0.4, 0.5) is 0 Å². The van der Waals surface area contributed by atoms with Crippen LogP contribution in [-0.4, -0.2) is 96.2 Å². The van der Waals surface area contributed by atoms with E-state index in [1.165, 1.54) is 31.2 Å². The van der Waals surface area contributed by atoms with Crippen molar-refractivity contribution in [2.45, 2.75) is 101 Å². The van der Waals surface area contributed by atoms with Gasteiger partial charge in [-0.05, 0) is 88.1 Å². The van der Waals surface area contributed by atoms with Crippen molar-refractivity contribution in [3.63, 3.8) is 0 Å². The number of hydrogen-bond acceptors (Lipinski definition) is 6. The molecule has 5 aliphatic rings. The van der Waals surface area contributed by atoms with Crippen molar-refractivity contribution in [1.82, 2.24) is 30.7 Å². The predicted octanol–water partition coefficient (Wildman–Crippen LogP) is 3.91. The van der Waals surface area contributed by atoms with E-state index in [2.05, 4.69) is 56.6 Å². The molecule has 1 aromatic carbocycles. The lowest BCUT2D eigenvalue weighted by molar-refractivity contribution is -0.130. The van der Waals surface area contributed by atoms with Gasteiger partial charge in [0.15, 0.2) is 0 Å². The van der Waals surface area contributed by atoms with Crippen molar-refractivity contribution in [2.75, 3.05) is 52.6 Å². The molecular weight excluding hydrogens is 536 g/mol. The van der Waals surface area contributed by atoms with Crippen molar-refractivity contribution in [1.29, 1.82) is 0 Å². The lowest BCUT2D eigenvalue weighted by Gasteiger charge is -2.47. The largest absolute Gasteiger partial charge is 0.342 e. The maximum Gasteiger partial charge on any atom is 0.241 e. The van der Waals surface area contributed by atoms with E-state index in [4.69, 9.17) is 11.6 Å². The van der Waals surface area contributed by atoms with E-state index in [0.717, 1.165) is 96.2 Å². The maximum atomic E-state index is 12.7. The average Bonchev–Trinajstić information content (AvgIpc) is 3.46. The van der Waals surface area contributed by atoms with Crippen molar-refractivity contribution in [2.24, 2.45) is 0 Å². The molecule has 228 valence electrons. The Kier molecular flexibility index (Phi) is 10.3. The zero-order chi connectivity index (χ0) is 28.9. The summed E-state index contributed by atoms with van der Waals surface area (Å²) >= 11 is 6.11. The Bertz CT molecular complexity index is 1020. The minimum absolute atomic E-state index is 0.179. The Morgan fingerprint density at radius 2 is 1.34 bits per heavy atom. The average molecular weight is 587 g/mol. The first-order chi connectivity index (χ1) is 19.9. The summed E-state index contributed by atoms with van der Waals surface area (Å²) in [6.45, 7) is 11.9. The van der Waals surface area contributed by atoms with Gasteiger partial charge in [0.1, 0.15) is 11.1 Å². The molecule has 6 rings (SSSR count). The van der Waals surface area contributed by atoms with Gasteiger partial charge in [-0.3, -0.25) is 24.3 Å². The Morgan fingerprint density at radius 3 is 1.90 bits per heavy atom. The first-order valence-corrected chi connectivity index (χ1v) is 16.6. The van der Waals surface area contributed by atoms with Gasteiger partial charge in [-0.1, -0.05) is 50.4 Å². The SMILES string of the molecule is CCCN1CNC(=O)C12CCN(C1CCCCC1c1ccc(Cl)cc1)CC2.CCCN1CNC(=O)C12CCNCC2. The third-order valence-electron chi connectivity index (χ3n) is 10.5. The number of hydrogen-bond donors (Lipinski definition) is 3. The molecule has 4 aliphatic heterocycles. The number of nitrogens with zero attached hydrogens (tertiary/aromatic N) is 3. The van der Waals surface area contributed by atoms with Gasteiger partial charge in [-0.2, -0.15) is 0 Å². The van der Waals surface area contributed by atoms with Crippen LogP contribution in [0.3, 0.4) is 0 Å². The second kappa shape index (κ2) is 13.7. The number of nitrogens with one attached hydrogen (secondary N) is 3. The van der Waals surface area contributed by atoms with Crippen LogP contribution >= 0.6 is 11.6 Å². The molecule has 9 heteroatoms. The number of benzene rings is 1. The lowest BCUT2D eigenvalue weighted by Crippen LogP contribution is -2.58. The molecule has 0 radical (unpaired) electrons. The molecular formula is C32H51ClN6O2. The van der Waals surface area contributed by atoms with Gasteiger partial charge in [0, 0.05) is 37.2 Å². The van der Waals surface area contributed by atoms with E-state index in [1.807, 2.05) is 12.1 Å². The Morgan fingerprint density at radius 1 is 0.805 bits per heavy atom. The highest BCUT2D eigenvalue weighted by Crippen LogP contribution is 2.40. The van der Waals surface area contributed by atoms with Crippen molar-refractivity contribution in [3.8, 4) is 0 Å². The number of halogens is 1. The maximum absolute atomic E-state index is 12.7. The van der Waals surface area contributed by atoms with E-state index < -0.39 is 0 Å². The van der Waals surface area contributed by atoms with Crippen molar-refractivity contribution >= 4 is 23.4 Å². The van der Waals surface area contributed by atoms with E-state index in [-0.39, 0.29) is 22.9 Å². The van der Waals surface area contributed by atoms with Gasteiger partial charge in [-0.25, -0.2) is 0 Å². The molecule has 8 nitrogen and oxygen atoms in total. The molecule has 1 saturated carbocycles. The Balaban J connectivity index is 0.000000202. The standard InChI is InChI=1S/C22H32ClN3O.C10H19N3O/c1-2-13-26-16-24-21(27)22(26)11-14-25(15-12-22)20-6-4-3-5-19(20)17-7-9-18(23)10-8-17;1-2-7-13-8-12-9(14)10(13)3-5-11-6-4-10/h7-10,19-20H,2-6,11-16H2,1H3,(H,24,27);11H,2-8H2,1H3,(H,12,14). The molecule has 0 aromatic heterocycles. The fraction of sp³-hybridized carbons (Fsp3) is 0.750. The topological polar surface area (TPSA) is 80.0 Å². The minimum atomic E-state index is -0.253. The smallest absolute Gasteiger partial charge is 0.241 e. The minimum Gasteiger partial charge on any atom is -0.342 e. The first-order valence-electron chi connectivity index (χ1n) is 16.2. The van der Waals surface area contributed by atoms with Gasteiger partial charge in [0.05, 0.1) is 13.3 Å². The van der Waals surface area contributed by atoms with Gasteiger partial charge in [-0.15, -0.1) is 0 Å². The fourth-order valence-electron chi connectivity index (χ4n) is 8.18. The number of carbonyl (C=O) groups is 2. The molecule has 41 heavy (non-hydrogen) atoms. The third kappa shape index (κ3) is 6.32. The second-order valence-corrected chi connectivity index (χ2v) is 13.2. The number of carbonyl (C=O) groups excluding carboxylic acids is 2. The highest BCUT2D eigenvalue weighted by Gasteiger charge is 2.51. The fourth-order valence-corrected chi connectivity index (χ4v) is 8.31. The van der Waals surface area contributed by atoms with Crippen LogP contribution in [0.25, 0.3) is 0 Å². The van der Waals surface area contributed by atoms with Crippen LogP contribution < -0.4 is 16.0 Å². The molecule has 2 amide bonds. The monoisotopic (exact) mass is 586 g/mol. The van der Waals surface area contributed by atoms with Gasteiger partial charge in [0.25, 0.3) is 0 Å². The number of likely N-dealkylation sites (tertiary alicyclic amines) is 1. The summed E-state index contributed by atoms with van der Waals surface area (Å²) in [5.41, 5.74) is 0.994. The quantitative estimate of drug-likeness (QED) is 0.469. The number of rotatable bonds is 6. The summed E-state index contributed by atoms with van der Waals surface area (Å²) in [5, 5.41) is 10.2. The van der Waals surface area contributed by atoms with E-state index in [0.29, 0.717) is 12.0 Å². The first kappa shape index (κ1) is 30.7. The van der Waals surface area contributed by atoms with E-state index in [1.54, 1.807) is 0 Å². The molecule has 2 unspecified atom stereocenters. The molecule has 5 fully saturated rings. The molecule has 1 aromatic rings. The second-order valence-electron chi connectivity index (χ2n) is 12.7. The van der Waals surface area contributed by atoms with Crippen LogP contribution in [0.1, 0.15) is 89.5 Å². The molecule has 2 atom stereocenters. The van der Waals surface area contributed by atoms with E-state index in [9.17, 15) is 9.59 Å². The summed E-state index contributed by atoms with van der Waals surface area (Å²) in [4.78, 5) is 31.9. The zero-order valence-electron chi connectivity index (χ0n) is 25.2. The summed E-state index contributed by atoms with van der Waals surface area (Å²) in [5.74, 6) is 1.09. The third-order valence-corrected chi connectivity index (χ3v) is 10.7. The van der Waals surface area contributed by atoms with Crippen molar-refractivity contribution in [3.05, 3.63) is 34.9 Å². The van der Waals surface area contributed by atoms with Crippen LogP contribution in [0, 0.1) is 0 Å². The summed E-state index contributed by atoms with van der Waals surface area (Å²) in [6, 6.07) is 9.08. The molecule has 4 heterocycles. The molecule has 3 N–H and O–H groups in total. The van der Waals surface area contributed by atoms with Gasteiger partial charge < -0.3 is 16.0 Å². The Labute approximate surface area is 251 Å². The van der Waals surface area contributed by atoms with Crippen LogP contribution in [0.15, 0.2) is 24.3 Å². The lowest BCUT2D eigenvalue weighted by atomic mass is 9.77. The summed E-state index contributed by atoms with van der Waals surface area (Å²) in [6.07, 6.45) is 11.2. The normalized spacial score (nSPS) is 28.4. The van der Waals surface area contributed by atoms with Crippen LogP contribution in [0.2, 0.25) is 5.02 Å². The number of piperidine rings is 2. The predicted molar refractivity (Wildman–Crippen MR) is 165 cm³/mol. The molecule has 0 bridgehead atoms. The highest BCUT2D eigenvalue weighted by molar-refractivity contribution is 6.30. The Hall–Kier alpha value is -1.71. The van der Waals surface area contributed by atoms with Crippen LogP contribution in [-0.2, 0) is 9.59 Å². The molecule has 1 aliphatic carbocycles. The highest BCUT2D eigenvalue weighted by atomic mass is 35.5. The molecule has 2 spiro atoms. The number of amides is 2. The van der Waals surface area contributed by atoms with Gasteiger partial charge in [0.2, 0.25) is 11.8 Å². The molecule has 4 saturated heterocycles. The zero-order valence-corrected chi connectivity index (χ0v) is 26.0. The van der Waals surface area contributed by atoms with Gasteiger partial charge >= 0.3 is 0 Å². The van der Waals surface area contributed by atoms with Crippen LogP contribution in [0.5, 0.6) is 0 Å². The summed E-state index contributed by atoms with van der Waals surface area (Å²) in [7, 11) is 0. The van der Waals surface area contributed by atoms with E-state index >= 15 is 0 Å².